The summed E-state index contributed by atoms with van der Waals surface area (Å²) in [6.45, 7) is 2.05. The highest BCUT2D eigenvalue weighted by atomic mass is 32.2. The zero-order valence-corrected chi connectivity index (χ0v) is 17.4. The van der Waals surface area contributed by atoms with E-state index in [0.717, 1.165) is 19.3 Å². The van der Waals surface area contributed by atoms with Crippen LogP contribution in [0.25, 0.3) is 0 Å². The van der Waals surface area contributed by atoms with Gasteiger partial charge in [-0.25, -0.2) is 0 Å². The normalized spacial score (nSPS) is 21.1. The molecule has 150 valence electrons. The second-order valence-corrected chi connectivity index (χ2v) is 7.29. The predicted molar refractivity (Wildman–Crippen MR) is 109 cm³/mol. The summed E-state index contributed by atoms with van der Waals surface area (Å²) in [6, 6.07) is 9.98. The molecule has 0 spiro atoms. The molecule has 0 radical (unpaired) electrons. The molecule has 7 nitrogen and oxygen atoms in total. The Balaban J connectivity index is 0.000000445. The Morgan fingerprint density at radius 2 is 2.04 bits per heavy atom. The van der Waals surface area contributed by atoms with Crippen molar-refractivity contribution in [1.29, 1.82) is 0 Å². The molecule has 1 aliphatic rings. The lowest BCUT2D eigenvalue weighted by Crippen LogP contribution is -2.30. The minimum Gasteiger partial charge on any atom is -0.382 e. The van der Waals surface area contributed by atoms with E-state index in [4.69, 9.17) is 4.74 Å². The van der Waals surface area contributed by atoms with Gasteiger partial charge in [-0.1, -0.05) is 36.8 Å². The first kappa shape index (κ1) is 23.2. The van der Waals surface area contributed by atoms with Crippen molar-refractivity contribution in [2.45, 2.75) is 44.2 Å². The van der Waals surface area contributed by atoms with Crippen LogP contribution in [0.3, 0.4) is 0 Å². The minimum absolute atomic E-state index is 0.0754. The van der Waals surface area contributed by atoms with Gasteiger partial charge in [0.2, 0.25) is 6.41 Å². The lowest BCUT2D eigenvalue weighted by Gasteiger charge is -2.08. The van der Waals surface area contributed by atoms with E-state index in [1.807, 2.05) is 18.2 Å². The molecule has 0 aliphatic heterocycles. The van der Waals surface area contributed by atoms with Crippen LogP contribution in [0.2, 0.25) is 0 Å². The van der Waals surface area contributed by atoms with Crippen molar-refractivity contribution < 1.29 is 17.9 Å². The van der Waals surface area contributed by atoms with Crippen LogP contribution in [0.4, 0.5) is 0 Å². The maximum absolute atomic E-state index is 10.8. The molecule has 1 aliphatic carbocycles. The van der Waals surface area contributed by atoms with Crippen molar-refractivity contribution in [1.82, 2.24) is 10.6 Å². The minimum atomic E-state index is -2.31. The van der Waals surface area contributed by atoms with Gasteiger partial charge >= 0.3 is 10.5 Å². The molecule has 9 heteroatoms. The van der Waals surface area contributed by atoms with E-state index >= 15 is 0 Å². The topological polar surface area (TPSA) is 96.9 Å². The van der Waals surface area contributed by atoms with E-state index in [0.29, 0.717) is 17.4 Å². The van der Waals surface area contributed by atoms with Crippen LogP contribution in [0.5, 0.6) is 0 Å². The zero-order valence-electron chi connectivity index (χ0n) is 15.8. The molecule has 1 aromatic rings. The molecule has 0 saturated heterocycles. The Hall–Kier alpha value is -1.84. The fourth-order valence-electron chi connectivity index (χ4n) is 2.95. The maximum Gasteiger partial charge on any atom is 0.311 e. The molecule has 4 unspecified atom stereocenters. The second kappa shape index (κ2) is 12.5. The van der Waals surface area contributed by atoms with E-state index in [1.54, 1.807) is 14.2 Å². The number of rotatable bonds is 8. The first-order chi connectivity index (χ1) is 12.9. The van der Waals surface area contributed by atoms with E-state index < -0.39 is 10.5 Å². The summed E-state index contributed by atoms with van der Waals surface area (Å²) in [5.74, 6) is 0.603. The van der Waals surface area contributed by atoms with Crippen molar-refractivity contribution in [3.63, 3.8) is 0 Å². The number of methoxy groups -OCH3 is 1. The van der Waals surface area contributed by atoms with Gasteiger partial charge < -0.3 is 15.4 Å². The van der Waals surface area contributed by atoms with Crippen molar-refractivity contribution in [2.75, 3.05) is 14.2 Å². The molecule has 0 bridgehead atoms. The van der Waals surface area contributed by atoms with Gasteiger partial charge in [0.1, 0.15) is 0 Å². The molecule has 2 rings (SSSR count). The third kappa shape index (κ3) is 8.59. The number of hydrogen-bond donors (Lipinski definition) is 2. The van der Waals surface area contributed by atoms with Crippen LogP contribution in [0, 0.1) is 5.92 Å². The summed E-state index contributed by atoms with van der Waals surface area (Å²) in [7, 11) is 1.04. The summed E-state index contributed by atoms with van der Waals surface area (Å²) in [6.07, 6.45) is 3.83. The number of ether oxygens (including phenoxy) is 1. The van der Waals surface area contributed by atoms with Gasteiger partial charge in [-0.15, -0.1) is 0 Å². The number of nitrogens with one attached hydrogen (secondary N) is 2. The fraction of sp³-hybridized carbons (Fsp3) is 0.556. The lowest BCUT2D eigenvalue weighted by atomic mass is 10.1. The Morgan fingerprint density at radius 3 is 2.52 bits per heavy atom. The summed E-state index contributed by atoms with van der Waals surface area (Å²) in [4.78, 5) is 9.54. The predicted octanol–water partition coefficient (Wildman–Crippen LogP) is 2.27. The Bertz CT molecular complexity index is 717. The van der Waals surface area contributed by atoms with E-state index in [9.17, 15) is 13.2 Å². The third-order valence-electron chi connectivity index (χ3n) is 4.49. The molecule has 27 heavy (non-hydrogen) atoms. The number of nitrogens with zero attached hydrogens (tertiary/aromatic N) is 1. The van der Waals surface area contributed by atoms with Crippen molar-refractivity contribution in [3.8, 4) is 0 Å². The number of hydrogen-bond acceptors (Lipinski definition) is 6. The molecule has 1 amide bonds. The highest BCUT2D eigenvalue weighted by molar-refractivity contribution is 7.80. The van der Waals surface area contributed by atoms with Crippen LogP contribution in [-0.2, 0) is 20.0 Å². The quantitative estimate of drug-likeness (QED) is 0.501. The van der Waals surface area contributed by atoms with E-state index in [1.165, 1.54) is 5.56 Å². The van der Waals surface area contributed by atoms with Crippen LogP contribution in [0.15, 0.2) is 34.7 Å². The van der Waals surface area contributed by atoms with Gasteiger partial charge in [-0.05, 0) is 43.5 Å². The average molecular weight is 414 g/mol. The molecule has 4 atom stereocenters. The van der Waals surface area contributed by atoms with Gasteiger partial charge in [-0.2, -0.15) is 12.8 Å². The van der Waals surface area contributed by atoms with E-state index in [2.05, 4.69) is 46.3 Å². The SMILES string of the molecule is CNC(=S)NC=O.COC(C)CCCC1C(N=S(=O)=O)C1c1ccccc1. The van der Waals surface area contributed by atoms with E-state index in [-0.39, 0.29) is 18.1 Å². The molecule has 1 saturated carbocycles. The summed E-state index contributed by atoms with van der Waals surface area (Å²) in [5, 5.41) is 5.13. The largest absolute Gasteiger partial charge is 0.382 e. The average Bonchev–Trinajstić information content (AvgIpc) is 3.34. The number of amides is 1. The van der Waals surface area contributed by atoms with Crippen molar-refractivity contribution in [3.05, 3.63) is 35.9 Å². The Morgan fingerprint density at radius 1 is 1.37 bits per heavy atom. The number of carbonyl (C=O) groups is 1. The molecular formula is C18H27N3O4S2. The standard InChI is InChI=1S/C15H21NO3S.C3H6N2OS/c1-11(19-2)7-6-10-13-14(15(13)16-20(17)18)12-8-4-3-5-9-12;1-4-3(7)5-2-6/h3-5,8-9,11,13-15H,6-7,10H2,1-2H3;2H,1H3,(H2,4,5,6,7). The summed E-state index contributed by atoms with van der Waals surface area (Å²) >= 11 is 4.50. The Labute approximate surface area is 167 Å². The first-order valence-electron chi connectivity index (χ1n) is 8.74. The highest BCUT2D eigenvalue weighted by Gasteiger charge is 2.51. The maximum atomic E-state index is 10.8. The summed E-state index contributed by atoms with van der Waals surface area (Å²) < 4.78 is 30.7. The number of thiocarbonyl (C=S) groups is 1. The van der Waals surface area contributed by atoms with Crippen LogP contribution >= 0.6 is 12.2 Å². The van der Waals surface area contributed by atoms with Gasteiger partial charge in [0.05, 0.1) is 12.1 Å². The fourth-order valence-corrected chi connectivity index (χ4v) is 3.49. The van der Waals surface area contributed by atoms with Gasteiger partial charge in [0, 0.05) is 20.1 Å². The second-order valence-electron chi connectivity index (χ2n) is 6.23. The van der Waals surface area contributed by atoms with Crippen LogP contribution in [-0.4, -0.2) is 46.2 Å². The summed E-state index contributed by atoms with van der Waals surface area (Å²) in [5.41, 5.74) is 1.19. The molecule has 0 aromatic heterocycles. The molecule has 1 fully saturated rings. The van der Waals surface area contributed by atoms with Crippen LogP contribution in [0.1, 0.15) is 37.7 Å². The van der Waals surface area contributed by atoms with Crippen molar-refractivity contribution >= 4 is 34.2 Å². The lowest BCUT2D eigenvalue weighted by molar-refractivity contribution is -0.108. The smallest absolute Gasteiger partial charge is 0.311 e. The Kier molecular flexibility index (Phi) is 10.8. The molecular weight excluding hydrogens is 386 g/mol. The van der Waals surface area contributed by atoms with Crippen molar-refractivity contribution in [2.24, 2.45) is 10.3 Å². The van der Waals surface area contributed by atoms with Gasteiger partial charge in [0.25, 0.3) is 0 Å². The molecule has 2 N–H and O–H groups in total. The monoisotopic (exact) mass is 413 g/mol. The zero-order chi connectivity index (χ0) is 20.2. The van der Waals surface area contributed by atoms with Gasteiger partial charge in [0.15, 0.2) is 5.11 Å². The number of carbonyl (C=O) groups excluding carboxylic acids is 1. The molecule has 0 heterocycles. The van der Waals surface area contributed by atoms with Gasteiger partial charge in [-0.3, -0.25) is 4.79 Å². The first-order valence-corrected chi connectivity index (χ1v) is 10.2. The van der Waals surface area contributed by atoms with Crippen LogP contribution < -0.4 is 10.6 Å². The third-order valence-corrected chi connectivity index (χ3v) is 5.22. The highest BCUT2D eigenvalue weighted by Crippen LogP contribution is 2.52. The number of benzene rings is 1. The molecule has 1 aromatic carbocycles.